The Labute approximate surface area is 116 Å². The average Bonchev–Trinajstić information content (AvgIpc) is 3.11. The van der Waals surface area contributed by atoms with Gasteiger partial charge in [-0.2, -0.15) is 6.61 Å². The van der Waals surface area contributed by atoms with Crippen LogP contribution in [0.1, 0.15) is 12.5 Å². The van der Waals surface area contributed by atoms with Gasteiger partial charge in [0.1, 0.15) is 5.75 Å². The van der Waals surface area contributed by atoms with E-state index in [4.69, 9.17) is 14.2 Å². The van der Waals surface area contributed by atoms with Gasteiger partial charge in [0.05, 0.1) is 0 Å². The van der Waals surface area contributed by atoms with E-state index in [1.807, 2.05) is 43.3 Å². The summed E-state index contributed by atoms with van der Waals surface area (Å²) in [5, 5.41) is 0. The molecular formula is C13H15O3W-. The van der Waals surface area contributed by atoms with Crippen molar-refractivity contribution >= 4 is 6.08 Å². The predicted octanol–water partition coefficient (Wildman–Crippen LogP) is 2.63. The minimum atomic E-state index is 0. The van der Waals surface area contributed by atoms with Crippen LogP contribution in [0.3, 0.4) is 0 Å². The molecule has 4 heteroatoms. The van der Waals surface area contributed by atoms with E-state index in [-0.39, 0.29) is 34.0 Å². The van der Waals surface area contributed by atoms with Gasteiger partial charge in [-0.05, 0) is 24.6 Å². The summed E-state index contributed by atoms with van der Waals surface area (Å²) < 4.78 is 15.5. The van der Waals surface area contributed by atoms with Gasteiger partial charge in [-0.3, -0.25) is 0 Å². The maximum absolute atomic E-state index is 5.40. The molecule has 1 saturated heterocycles. The third-order valence-electron chi connectivity index (χ3n) is 2.16. The Morgan fingerprint density at radius 2 is 2.06 bits per heavy atom. The second-order valence-corrected chi connectivity index (χ2v) is 3.51. The van der Waals surface area contributed by atoms with E-state index in [1.54, 1.807) is 6.61 Å². The largest absolute Gasteiger partial charge is 0.568 e. The van der Waals surface area contributed by atoms with Crippen LogP contribution in [-0.4, -0.2) is 19.5 Å². The summed E-state index contributed by atoms with van der Waals surface area (Å²) in [6.45, 7) is 4.56. The van der Waals surface area contributed by atoms with Crippen LogP contribution in [0.15, 0.2) is 30.3 Å². The zero-order valence-electron chi connectivity index (χ0n) is 9.67. The molecule has 0 bridgehead atoms. The monoisotopic (exact) mass is 403 g/mol. The van der Waals surface area contributed by atoms with Crippen molar-refractivity contribution in [3.8, 4) is 5.75 Å². The molecule has 0 radical (unpaired) electrons. The number of benzene rings is 1. The molecule has 0 aliphatic carbocycles. The Balaban J connectivity index is 0.00000144. The van der Waals surface area contributed by atoms with Crippen molar-refractivity contribution in [2.45, 2.75) is 13.0 Å². The number of hydrogen-bond acceptors (Lipinski definition) is 3. The third-order valence-corrected chi connectivity index (χ3v) is 2.16. The zero-order valence-corrected chi connectivity index (χ0v) is 12.6. The van der Waals surface area contributed by atoms with Crippen LogP contribution < -0.4 is 4.74 Å². The fourth-order valence-electron chi connectivity index (χ4n) is 1.28. The number of ether oxygens (including phenoxy) is 3. The van der Waals surface area contributed by atoms with Crippen molar-refractivity contribution in [3.05, 3.63) is 42.5 Å². The number of allylic oxidation sites excluding steroid dienone is 1. The molecular weight excluding hydrogens is 388 g/mol. The van der Waals surface area contributed by atoms with Gasteiger partial charge in [0.2, 0.25) is 0 Å². The fourth-order valence-corrected chi connectivity index (χ4v) is 1.28. The smallest absolute Gasteiger partial charge is 0.189 e. The molecule has 1 aliphatic heterocycles. The van der Waals surface area contributed by atoms with E-state index in [1.165, 1.54) is 0 Å². The predicted molar refractivity (Wildman–Crippen MR) is 61.8 cm³/mol. The van der Waals surface area contributed by atoms with Crippen LogP contribution >= 0.6 is 0 Å². The molecule has 2 rings (SSSR count). The van der Waals surface area contributed by atoms with Crippen molar-refractivity contribution in [2.75, 3.05) is 13.4 Å². The summed E-state index contributed by atoms with van der Waals surface area (Å²) >= 11 is 0. The molecule has 1 aromatic carbocycles. The first-order chi connectivity index (χ1) is 7.88. The third kappa shape index (κ3) is 5.49. The molecule has 0 N–H and O–H groups in total. The summed E-state index contributed by atoms with van der Waals surface area (Å²) in [7, 11) is 0. The van der Waals surface area contributed by atoms with Gasteiger partial charge < -0.3 is 14.2 Å². The second kappa shape index (κ2) is 7.65. The van der Waals surface area contributed by atoms with E-state index in [2.05, 4.69) is 0 Å². The van der Waals surface area contributed by atoms with E-state index in [9.17, 15) is 0 Å². The minimum absolute atomic E-state index is 0. The average molecular weight is 403 g/mol. The zero-order chi connectivity index (χ0) is 11.2. The van der Waals surface area contributed by atoms with Crippen molar-refractivity contribution in [1.82, 2.24) is 0 Å². The number of rotatable bonds is 6. The first kappa shape index (κ1) is 14.4. The first-order valence-corrected chi connectivity index (χ1v) is 5.30. The molecule has 1 unspecified atom stereocenters. The summed E-state index contributed by atoms with van der Waals surface area (Å²) in [5.74, 6) is 0.814. The molecule has 3 nitrogen and oxygen atoms in total. The Hall–Kier alpha value is -0.632. The topological polar surface area (TPSA) is 31.0 Å². The molecule has 0 aromatic heterocycles. The normalized spacial score (nSPS) is 17.8. The molecule has 17 heavy (non-hydrogen) atoms. The minimum Gasteiger partial charge on any atom is -0.568 e. The Morgan fingerprint density at radius 1 is 1.35 bits per heavy atom. The van der Waals surface area contributed by atoms with E-state index < -0.39 is 0 Å². The van der Waals surface area contributed by atoms with Crippen LogP contribution in [-0.2, 0) is 30.5 Å². The van der Waals surface area contributed by atoms with E-state index in [0.29, 0.717) is 6.61 Å². The molecule has 0 saturated carbocycles. The molecule has 1 fully saturated rings. The van der Waals surface area contributed by atoms with Gasteiger partial charge in [-0.15, -0.1) is 0 Å². The fraction of sp³-hybridized carbons (Fsp3) is 0.308. The molecule has 92 valence electrons. The Bertz CT molecular complexity index is 344. The van der Waals surface area contributed by atoms with Crippen molar-refractivity contribution in [3.63, 3.8) is 0 Å². The standard InChI is InChI=1S/C13H15O3.W/c1-2-3-11-4-6-12(7-5-11)16-10-14-8-13-9-15-13;/h2-7,9,13H,8,10H2,1H3;/q-1;. The van der Waals surface area contributed by atoms with Crippen LogP contribution in [0.2, 0.25) is 0 Å². The Kier molecular flexibility index (Phi) is 6.49. The summed E-state index contributed by atoms with van der Waals surface area (Å²) in [6.07, 6.45) is 4.21. The van der Waals surface area contributed by atoms with Crippen molar-refractivity contribution in [1.29, 1.82) is 0 Å². The summed E-state index contributed by atoms with van der Waals surface area (Å²) in [4.78, 5) is 0. The molecule has 1 aromatic rings. The maximum Gasteiger partial charge on any atom is 0.189 e. The van der Waals surface area contributed by atoms with Crippen molar-refractivity contribution < 1.29 is 35.3 Å². The Morgan fingerprint density at radius 3 is 2.65 bits per heavy atom. The molecule has 1 atom stereocenters. The van der Waals surface area contributed by atoms with Gasteiger partial charge >= 0.3 is 0 Å². The maximum atomic E-state index is 5.40. The quantitative estimate of drug-likeness (QED) is 0.317. The van der Waals surface area contributed by atoms with E-state index >= 15 is 0 Å². The van der Waals surface area contributed by atoms with E-state index in [0.717, 1.165) is 11.3 Å². The molecule has 0 amide bonds. The molecule has 1 aliphatic rings. The summed E-state index contributed by atoms with van der Waals surface area (Å²) in [6, 6.07) is 7.87. The summed E-state index contributed by atoms with van der Waals surface area (Å²) in [5.41, 5.74) is 1.16. The van der Waals surface area contributed by atoms with Gasteiger partial charge in [-0.25, -0.2) is 0 Å². The van der Waals surface area contributed by atoms with Crippen LogP contribution in [0.25, 0.3) is 6.08 Å². The SMILES string of the molecule is CC=Cc1ccc(OCOCC2[CH-]O2)cc1.[W]. The van der Waals surface area contributed by atoms with Gasteiger partial charge in [0.25, 0.3) is 0 Å². The molecule has 0 spiro atoms. The number of epoxide rings is 1. The van der Waals surface area contributed by atoms with Crippen LogP contribution in [0, 0.1) is 6.61 Å². The van der Waals surface area contributed by atoms with Crippen LogP contribution in [0.5, 0.6) is 5.75 Å². The van der Waals surface area contributed by atoms with Crippen molar-refractivity contribution in [2.24, 2.45) is 0 Å². The molecule has 1 heterocycles. The number of hydrogen-bond donors (Lipinski definition) is 0. The first-order valence-electron chi connectivity index (χ1n) is 5.30. The van der Waals surface area contributed by atoms with Gasteiger partial charge in [-0.1, -0.05) is 30.4 Å². The van der Waals surface area contributed by atoms with Gasteiger partial charge in [0.15, 0.2) is 6.79 Å². The van der Waals surface area contributed by atoms with Crippen LogP contribution in [0.4, 0.5) is 0 Å². The van der Waals surface area contributed by atoms with Gasteiger partial charge in [0, 0.05) is 27.7 Å². The second-order valence-electron chi connectivity index (χ2n) is 3.51.